The Kier molecular flexibility index (Phi) is 1.93. The van der Waals surface area contributed by atoms with Gasteiger partial charge in [-0.2, -0.15) is 0 Å². The van der Waals surface area contributed by atoms with E-state index >= 15 is 0 Å². The van der Waals surface area contributed by atoms with Crippen molar-refractivity contribution in [1.29, 1.82) is 0 Å². The van der Waals surface area contributed by atoms with E-state index in [1.54, 1.807) is 6.26 Å². The fourth-order valence-electron chi connectivity index (χ4n) is 2.36. The van der Waals surface area contributed by atoms with Crippen molar-refractivity contribution in [3.8, 4) is 0 Å². The second-order valence-electron chi connectivity index (χ2n) is 4.44. The van der Waals surface area contributed by atoms with Gasteiger partial charge < -0.3 is 8.83 Å². The lowest BCUT2D eigenvalue weighted by Gasteiger charge is -2.03. The normalized spacial score (nSPS) is 11.5. The summed E-state index contributed by atoms with van der Waals surface area (Å²) in [6, 6.07) is 3.54. The van der Waals surface area contributed by atoms with Crippen LogP contribution in [0.25, 0.3) is 21.9 Å². The molecule has 2 aromatic heterocycles. The van der Waals surface area contributed by atoms with Crippen LogP contribution < -0.4 is 5.63 Å². The zero-order valence-electron chi connectivity index (χ0n) is 9.96. The van der Waals surface area contributed by atoms with E-state index in [1.165, 1.54) is 6.07 Å². The average Bonchev–Trinajstić information content (AvgIpc) is 2.64. The molecule has 86 valence electrons. The van der Waals surface area contributed by atoms with Crippen LogP contribution in [0.3, 0.4) is 0 Å². The van der Waals surface area contributed by atoms with E-state index in [-0.39, 0.29) is 5.63 Å². The quantitative estimate of drug-likeness (QED) is 0.553. The maximum absolute atomic E-state index is 11.4. The van der Waals surface area contributed by atoms with Crippen molar-refractivity contribution in [2.75, 3.05) is 0 Å². The van der Waals surface area contributed by atoms with E-state index in [4.69, 9.17) is 8.83 Å². The topological polar surface area (TPSA) is 43.4 Å². The first-order valence-electron chi connectivity index (χ1n) is 5.50. The molecule has 0 radical (unpaired) electrons. The van der Waals surface area contributed by atoms with Crippen LogP contribution >= 0.6 is 0 Å². The summed E-state index contributed by atoms with van der Waals surface area (Å²) in [7, 11) is 0. The zero-order chi connectivity index (χ0) is 12.2. The number of hydrogen-bond acceptors (Lipinski definition) is 3. The summed E-state index contributed by atoms with van der Waals surface area (Å²) >= 11 is 0. The predicted octanol–water partition coefficient (Wildman–Crippen LogP) is 3.46. The first-order valence-corrected chi connectivity index (χ1v) is 5.50. The lowest BCUT2D eigenvalue weighted by atomic mass is 10.0. The standard InChI is InChI=1S/C14H12O3/c1-7-5-11(15)17-13-10(7)4-8(2)12-9(3)6-16-14(12)13/h4-6H,1-3H3. The van der Waals surface area contributed by atoms with Crippen LogP contribution in [0, 0.1) is 20.8 Å². The van der Waals surface area contributed by atoms with Crippen molar-refractivity contribution >= 4 is 21.9 Å². The van der Waals surface area contributed by atoms with Gasteiger partial charge in [0, 0.05) is 16.8 Å². The number of furan rings is 1. The van der Waals surface area contributed by atoms with Gasteiger partial charge in [-0.25, -0.2) is 4.79 Å². The lowest BCUT2D eigenvalue weighted by Crippen LogP contribution is -1.98. The summed E-state index contributed by atoms with van der Waals surface area (Å²) in [4.78, 5) is 11.4. The Hall–Kier alpha value is -2.03. The third-order valence-electron chi connectivity index (χ3n) is 3.14. The molecule has 17 heavy (non-hydrogen) atoms. The van der Waals surface area contributed by atoms with Gasteiger partial charge >= 0.3 is 5.63 Å². The van der Waals surface area contributed by atoms with Gasteiger partial charge in [-0.3, -0.25) is 0 Å². The molecule has 2 heterocycles. The highest BCUT2D eigenvalue weighted by Crippen LogP contribution is 2.32. The first-order chi connectivity index (χ1) is 8.08. The third-order valence-corrected chi connectivity index (χ3v) is 3.14. The molecule has 0 atom stereocenters. The Balaban J connectivity index is 2.68. The molecular formula is C14H12O3. The molecule has 0 amide bonds. The Morgan fingerprint density at radius 3 is 2.47 bits per heavy atom. The number of hydrogen-bond donors (Lipinski definition) is 0. The molecule has 3 rings (SSSR count). The fraction of sp³-hybridized carbons (Fsp3) is 0.214. The van der Waals surface area contributed by atoms with E-state index in [2.05, 4.69) is 0 Å². The molecular weight excluding hydrogens is 216 g/mol. The number of aryl methyl sites for hydroxylation is 3. The zero-order valence-corrected chi connectivity index (χ0v) is 9.96. The summed E-state index contributed by atoms with van der Waals surface area (Å²) in [5.74, 6) is 0. The minimum Gasteiger partial charge on any atom is -0.460 e. The molecule has 0 aliphatic carbocycles. The third kappa shape index (κ3) is 1.32. The summed E-state index contributed by atoms with van der Waals surface area (Å²) in [6.07, 6.45) is 1.69. The van der Waals surface area contributed by atoms with Gasteiger partial charge in [-0.05, 0) is 43.5 Å². The number of fused-ring (bicyclic) bond motifs is 3. The molecule has 0 aliphatic rings. The van der Waals surface area contributed by atoms with Crippen LogP contribution in [0.2, 0.25) is 0 Å². The molecule has 3 aromatic rings. The van der Waals surface area contributed by atoms with Gasteiger partial charge in [-0.15, -0.1) is 0 Å². The van der Waals surface area contributed by atoms with Gasteiger partial charge in [0.05, 0.1) is 6.26 Å². The van der Waals surface area contributed by atoms with Crippen molar-refractivity contribution in [2.45, 2.75) is 20.8 Å². The van der Waals surface area contributed by atoms with Crippen molar-refractivity contribution in [3.05, 3.63) is 45.5 Å². The van der Waals surface area contributed by atoms with Crippen LogP contribution in [0.5, 0.6) is 0 Å². The summed E-state index contributed by atoms with van der Waals surface area (Å²) in [6.45, 7) is 5.92. The van der Waals surface area contributed by atoms with E-state index < -0.39 is 0 Å². The molecule has 0 saturated carbocycles. The fourth-order valence-corrected chi connectivity index (χ4v) is 2.36. The molecule has 3 nitrogen and oxygen atoms in total. The molecule has 1 aromatic carbocycles. The van der Waals surface area contributed by atoms with Gasteiger partial charge in [0.25, 0.3) is 0 Å². The van der Waals surface area contributed by atoms with Crippen LogP contribution in [-0.4, -0.2) is 0 Å². The minimum atomic E-state index is -0.339. The Morgan fingerprint density at radius 1 is 0.941 bits per heavy atom. The van der Waals surface area contributed by atoms with Gasteiger partial charge in [0.15, 0.2) is 11.2 Å². The lowest BCUT2D eigenvalue weighted by molar-refractivity contribution is 0.545. The highest BCUT2D eigenvalue weighted by Gasteiger charge is 2.13. The highest BCUT2D eigenvalue weighted by molar-refractivity contribution is 6.04. The van der Waals surface area contributed by atoms with Gasteiger partial charge in [0.2, 0.25) is 0 Å². The SMILES string of the molecule is Cc1cc(=O)oc2c1cc(C)c1c(C)coc12. The van der Waals surface area contributed by atoms with E-state index in [0.717, 1.165) is 27.5 Å². The maximum Gasteiger partial charge on any atom is 0.336 e. The van der Waals surface area contributed by atoms with Crippen LogP contribution in [0.4, 0.5) is 0 Å². The average molecular weight is 228 g/mol. The van der Waals surface area contributed by atoms with Crippen LogP contribution in [0.15, 0.2) is 32.0 Å². The Labute approximate surface area is 97.7 Å². The summed E-state index contributed by atoms with van der Waals surface area (Å²) in [5, 5.41) is 1.97. The number of rotatable bonds is 0. The predicted molar refractivity (Wildman–Crippen MR) is 66.5 cm³/mol. The molecule has 0 saturated heterocycles. The molecule has 0 spiro atoms. The molecule has 3 heteroatoms. The molecule has 0 aliphatic heterocycles. The largest absolute Gasteiger partial charge is 0.460 e. The molecule has 0 N–H and O–H groups in total. The van der Waals surface area contributed by atoms with E-state index in [0.29, 0.717) is 11.2 Å². The smallest absolute Gasteiger partial charge is 0.336 e. The Bertz CT molecular complexity index is 790. The molecule has 0 fully saturated rings. The van der Waals surface area contributed by atoms with Gasteiger partial charge in [-0.1, -0.05) is 0 Å². The monoisotopic (exact) mass is 228 g/mol. The number of benzene rings is 1. The second-order valence-corrected chi connectivity index (χ2v) is 4.44. The van der Waals surface area contributed by atoms with Crippen molar-refractivity contribution in [2.24, 2.45) is 0 Å². The summed E-state index contributed by atoms with van der Waals surface area (Å²) in [5.41, 5.74) is 3.98. The molecule has 0 unspecified atom stereocenters. The maximum atomic E-state index is 11.4. The second kappa shape index (κ2) is 3.23. The van der Waals surface area contributed by atoms with E-state index in [9.17, 15) is 4.79 Å². The van der Waals surface area contributed by atoms with Crippen molar-refractivity contribution < 1.29 is 8.83 Å². The van der Waals surface area contributed by atoms with Gasteiger partial charge in [0.1, 0.15) is 0 Å². The minimum absolute atomic E-state index is 0.339. The van der Waals surface area contributed by atoms with E-state index in [1.807, 2.05) is 26.8 Å². The van der Waals surface area contributed by atoms with Crippen molar-refractivity contribution in [3.63, 3.8) is 0 Å². The van der Waals surface area contributed by atoms with Crippen LogP contribution in [0.1, 0.15) is 16.7 Å². The summed E-state index contributed by atoms with van der Waals surface area (Å²) < 4.78 is 10.8. The first kappa shape index (κ1) is 10.1. The van der Waals surface area contributed by atoms with Crippen LogP contribution in [-0.2, 0) is 0 Å². The van der Waals surface area contributed by atoms with Crippen molar-refractivity contribution in [1.82, 2.24) is 0 Å². The highest BCUT2D eigenvalue weighted by atomic mass is 16.4. The Morgan fingerprint density at radius 2 is 1.71 bits per heavy atom. The molecule has 0 bridgehead atoms.